The second-order valence-electron chi connectivity index (χ2n) is 5.34. The molecule has 2 rings (SSSR count). The molecule has 0 aliphatic rings. The fraction of sp³-hybridized carbons (Fsp3) is 0.278. The molecule has 2 N–H and O–H groups in total. The summed E-state index contributed by atoms with van der Waals surface area (Å²) in [5.41, 5.74) is 0. The van der Waals surface area contributed by atoms with E-state index in [4.69, 9.17) is 4.74 Å². The van der Waals surface area contributed by atoms with Crippen LogP contribution in [0.15, 0.2) is 64.5 Å². The van der Waals surface area contributed by atoms with Crippen LogP contribution in [-0.4, -0.2) is 46.9 Å². The SMILES string of the molecule is CN=C(NCCOc1ccccc1)NCCS(=O)(=O)c1ccccc1F.I. The van der Waals surface area contributed by atoms with Crippen molar-refractivity contribution in [3.05, 3.63) is 60.4 Å². The summed E-state index contributed by atoms with van der Waals surface area (Å²) in [5.74, 6) is 0.237. The Morgan fingerprint density at radius 3 is 2.33 bits per heavy atom. The number of hydrogen-bond acceptors (Lipinski definition) is 4. The summed E-state index contributed by atoms with van der Waals surface area (Å²) in [6, 6.07) is 14.8. The highest BCUT2D eigenvalue weighted by Crippen LogP contribution is 2.14. The fourth-order valence-corrected chi connectivity index (χ4v) is 3.43. The Morgan fingerprint density at radius 2 is 1.67 bits per heavy atom. The van der Waals surface area contributed by atoms with Crippen molar-refractivity contribution in [3.63, 3.8) is 0 Å². The summed E-state index contributed by atoms with van der Waals surface area (Å²) < 4.78 is 43.5. The lowest BCUT2D eigenvalue weighted by molar-refractivity contribution is 0.322. The van der Waals surface area contributed by atoms with Gasteiger partial charge in [0.15, 0.2) is 15.8 Å². The number of rotatable bonds is 8. The van der Waals surface area contributed by atoms with E-state index < -0.39 is 15.7 Å². The van der Waals surface area contributed by atoms with Gasteiger partial charge in [0.05, 0.1) is 12.3 Å². The van der Waals surface area contributed by atoms with Crippen LogP contribution < -0.4 is 15.4 Å². The number of nitrogens with one attached hydrogen (secondary N) is 2. The zero-order chi connectivity index (χ0) is 18.8. The summed E-state index contributed by atoms with van der Waals surface area (Å²) in [5, 5.41) is 5.92. The second kappa shape index (κ2) is 11.8. The van der Waals surface area contributed by atoms with Crippen molar-refractivity contribution in [1.29, 1.82) is 0 Å². The zero-order valence-electron chi connectivity index (χ0n) is 14.9. The number of para-hydroxylation sites is 1. The lowest BCUT2D eigenvalue weighted by Crippen LogP contribution is -2.41. The standard InChI is InChI=1S/C18H22FN3O3S.HI/c1-20-18(21-11-13-25-15-7-3-2-4-8-15)22-12-14-26(23,24)17-10-6-5-9-16(17)19;/h2-10H,11-14H2,1H3,(H2,20,21,22);1H. The van der Waals surface area contributed by atoms with Gasteiger partial charge in [-0.05, 0) is 24.3 Å². The number of halogens is 2. The van der Waals surface area contributed by atoms with Crippen molar-refractivity contribution < 1.29 is 17.5 Å². The number of guanidine groups is 1. The second-order valence-corrected chi connectivity index (χ2v) is 7.41. The molecule has 0 bridgehead atoms. The summed E-state index contributed by atoms with van der Waals surface area (Å²) in [7, 11) is -2.12. The quantitative estimate of drug-likeness (QED) is 0.249. The Hall–Kier alpha value is -1.88. The van der Waals surface area contributed by atoms with Gasteiger partial charge in [-0.3, -0.25) is 4.99 Å². The highest BCUT2D eigenvalue weighted by Gasteiger charge is 2.18. The maximum absolute atomic E-state index is 13.6. The van der Waals surface area contributed by atoms with E-state index in [1.807, 2.05) is 30.3 Å². The first kappa shape index (κ1) is 23.2. The van der Waals surface area contributed by atoms with Gasteiger partial charge in [0.25, 0.3) is 0 Å². The van der Waals surface area contributed by atoms with Crippen molar-refractivity contribution >= 4 is 39.8 Å². The molecule has 0 atom stereocenters. The average molecular weight is 507 g/mol. The van der Waals surface area contributed by atoms with Crippen LogP contribution in [0.3, 0.4) is 0 Å². The van der Waals surface area contributed by atoms with E-state index in [1.54, 1.807) is 7.05 Å². The monoisotopic (exact) mass is 507 g/mol. The van der Waals surface area contributed by atoms with Crippen LogP contribution in [0.4, 0.5) is 4.39 Å². The van der Waals surface area contributed by atoms with Gasteiger partial charge in [0.2, 0.25) is 0 Å². The molecule has 0 unspecified atom stereocenters. The molecule has 0 fully saturated rings. The highest BCUT2D eigenvalue weighted by atomic mass is 127. The number of nitrogens with zero attached hydrogens (tertiary/aromatic N) is 1. The molecule has 0 radical (unpaired) electrons. The summed E-state index contributed by atoms with van der Waals surface area (Å²) in [6.07, 6.45) is 0. The molecule has 0 spiro atoms. The summed E-state index contributed by atoms with van der Waals surface area (Å²) in [6.45, 7) is 1.03. The van der Waals surface area contributed by atoms with E-state index in [2.05, 4.69) is 15.6 Å². The van der Waals surface area contributed by atoms with Gasteiger partial charge < -0.3 is 15.4 Å². The van der Waals surface area contributed by atoms with Crippen LogP contribution in [0.1, 0.15) is 0 Å². The molecular weight excluding hydrogens is 484 g/mol. The predicted molar refractivity (Wildman–Crippen MR) is 115 cm³/mol. The Kier molecular flexibility index (Phi) is 10.1. The van der Waals surface area contributed by atoms with Crippen LogP contribution in [0.25, 0.3) is 0 Å². The minimum atomic E-state index is -3.70. The van der Waals surface area contributed by atoms with Crippen LogP contribution in [0, 0.1) is 5.82 Å². The van der Waals surface area contributed by atoms with Gasteiger partial charge in [-0.2, -0.15) is 0 Å². The lowest BCUT2D eigenvalue weighted by Gasteiger charge is -2.13. The topological polar surface area (TPSA) is 79.8 Å². The molecule has 2 aromatic rings. The third-order valence-corrected chi connectivity index (χ3v) is 5.21. The third kappa shape index (κ3) is 7.71. The minimum Gasteiger partial charge on any atom is -0.492 e. The molecular formula is C18H23FIN3O3S. The van der Waals surface area contributed by atoms with E-state index in [9.17, 15) is 12.8 Å². The van der Waals surface area contributed by atoms with E-state index in [-0.39, 0.29) is 41.2 Å². The van der Waals surface area contributed by atoms with Crippen LogP contribution in [0.2, 0.25) is 0 Å². The van der Waals surface area contributed by atoms with Gasteiger partial charge in [-0.1, -0.05) is 30.3 Å². The third-order valence-electron chi connectivity index (χ3n) is 3.46. The lowest BCUT2D eigenvalue weighted by atomic mass is 10.3. The first-order chi connectivity index (χ1) is 12.5. The van der Waals surface area contributed by atoms with E-state index >= 15 is 0 Å². The van der Waals surface area contributed by atoms with Gasteiger partial charge in [0, 0.05) is 13.6 Å². The maximum Gasteiger partial charge on any atom is 0.191 e. The van der Waals surface area contributed by atoms with Crippen molar-refractivity contribution in [2.75, 3.05) is 32.5 Å². The van der Waals surface area contributed by atoms with Gasteiger partial charge in [-0.15, -0.1) is 24.0 Å². The molecule has 0 aromatic heterocycles. The average Bonchev–Trinajstić information content (AvgIpc) is 2.64. The molecule has 2 aromatic carbocycles. The Bertz CT molecular complexity index is 833. The van der Waals surface area contributed by atoms with Crippen molar-refractivity contribution in [3.8, 4) is 5.75 Å². The van der Waals surface area contributed by atoms with Crippen molar-refractivity contribution in [2.24, 2.45) is 4.99 Å². The zero-order valence-corrected chi connectivity index (χ0v) is 18.0. The molecule has 9 heteroatoms. The molecule has 27 heavy (non-hydrogen) atoms. The maximum atomic E-state index is 13.6. The Morgan fingerprint density at radius 1 is 1.04 bits per heavy atom. The predicted octanol–water partition coefficient (Wildman–Crippen LogP) is 2.46. The smallest absolute Gasteiger partial charge is 0.191 e. The molecule has 148 valence electrons. The van der Waals surface area contributed by atoms with Crippen LogP contribution in [-0.2, 0) is 9.84 Å². The minimum absolute atomic E-state index is 0. The number of sulfone groups is 1. The number of hydrogen-bond donors (Lipinski definition) is 2. The molecule has 0 heterocycles. The van der Waals surface area contributed by atoms with Gasteiger partial charge >= 0.3 is 0 Å². The van der Waals surface area contributed by atoms with E-state index in [0.717, 1.165) is 11.8 Å². The van der Waals surface area contributed by atoms with Gasteiger partial charge in [0.1, 0.15) is 23.1 Å². The number of ether oxygens (including phenoxy) is 1. The van der Waals surface area contributed by atoms with Crippen LogP contribution in [0.5, 0.6) is 5.75 Å². The number of benzene rings is 2. The largest absolute Gasteiger partial charge is 0.492 e. The van der Waals surface area contributed by atoms with E-state index in [1.165, 1.54) is 18.2 Å². The highest BCUT2D eigenvalue weighted by molar-refractivity contribution is 14.0. The van der Waals surface area contributed by atoms with Gasteiger partial charge in [-0.25, -0.2) is 12.8 Å². The van der Waals surface area contributed by atoms with Crippen molar-refractivity contribution in [2.45, 2.75) is 4.90 Å². The van der Waals surface area contributed by atoms with Crippen LogP contribution >= 0.6 is 24.0 Å². The first-order valence-electron chi connectivity index (χ1n) is 8.12. The Labute approximate surface area is 176 Å². The molecule has 0 saturated carbocycles. The Balaban J connectivity index is 0.00000364. The fourth-order valence-electron chi connectivity index (χ4n) is 2.19. The molecule has 0 aliphatic heterocycles. The first-order valence-corrected chi connectivity index (χ1v) is 9.78. The molecule has 6 nitrogen and oxygen atoms in total. The van der Waals surface area contributed by atoms with Crippen molar-refractivity contribution in [1.82, 2.24) is 10.6 Å². The summed E-state index contributed by atoms with van der Waals surface area (Å²) in [4.78, 5) is 3.72. The molecule has 0 aliphatic carbocycles. The molecule has 0 saturated heterocycles. The normalized spacial score (nSPS) is 11.4. The number of aliphatic imine (C=N–C) groups is 1. The van der Waals surface area contributed by atoms with E-state index in [0.29, 0.717) is 19.1 Å². The molecule has 0 amide bonds. The summed E-state index contributed by atoms with van der Waals surface area (Å²) >= 11 is 0.